The van der Waals surface area contributed by atoms with E-state index in [1.54, 1.807) is 60.3 Å². The molecule has 2 aromatic heterocycles. The smallest absolute Gasteiger partial charge is 0.320 e. The molecule has 0 spiro atoms. The first-order valence-corrected chi connectivity index (χ1v) is 13.9. The van der Waals surface area contributed by atoms with Crippen LogP contribution in [0.4, 0.5) is 0 Å². The zero-order valence-electron chi connectivity index (χ0n) is 21.8. The van der Waals surface area contributed by atoms with Crippen LogP contribution in [0.3, 0.4) is 0 Å². The molecule has 3 unspecified atom stereocenters. The summed E-state index contributed by atoms with van der Waals surface area (Å²) in [6, 6.07) is 14.6. The van der Waals surface area contributed by atoms with Crippen LogP contribution in [0.2, 0.25) is 5.02 Å². The number of halogens is 1. The van der Waals surface area contributed by atoms with Crippen LogP contribution < -0.4 is 15.6 Å². The molecule has 5 rings (SSSR count). The van der Waals surface area contributed by atoms with Crippen molar-refractivity contribution in [3.05, 3.63) is 83.3 Å². The normalized spacial score (nSPS) is 25.9. The molecule has 220 valence electrons. The van der Waals surface area contributed by atoms with Crippen molar-refractivity contribution in [3.8, 4) is 11.4 Å². The number of phosphoric ester groups is 1. The van der Waals surface area contributed by atoms with Gasteiger partial charge in [-0.25, -0.2) is 0 Å². The summed E-state index contributed by atoms with van der Waals surface area (Å²) in [7, 11) is -3.66. The number of quaternary nitrogens is 1. The van der Waals surface area contributed by atoms with Gasteiger partial charge in [0.15, 0.2) is 5.75 Å². The van der Waals surface area contributed by atoms with Crippen LogP contribution >= 0.6 is 19.4 Å². The Balaban J connectivity index is 0.00000387. The number of nitrogens with zero attached hydrogens (tertiary/aromatic N) is 2. The summed E-state index contributed by atoms with van der Waals surface area (Å²) < 4.78 is 26.2. The number of carbonyl (C=O) groups is 1. The lowest BCUT2D eigenvalue weighted by atomic mass is 9.85. The molecule has 2 heterocycles. The maximum Gasteiger partial charge on any atom is 0.320 e. The van der Waals surface area contributed by atoms with Crippen molar-refractivity contribution < 1.29 is 48.8 Å². The number of rotatable bonds is 7. The molecule has 9 N–H and O–H groups in total. The van der Waals surface area contributed by atoms with Crippen LogP contribution in [0.5, 0.6) is 5.75 Å². The molecule has 2 aromatic carbocycles. The van der Waals surface area contributed by atoms with Crippen molar-refractivity contribution in [2.45, 2.75) is 36.6 Å². The summed E-state index contributed by atoms with van der Waals surface area (Å²) >= 11 is 6.24. The first-order valence-electron chi connectivity index (χ1n) is 12.0. The third-order valence-corrected chi connectivity index (χ3v) is 8.01. The van der Waals surface area contributed by atoms with E-state index >= 15 is 0 Å². The molecule has 0 aliphatic heterocycles. The number of ketones is 1. The molecule has 13 nitrogen and oxygen atoms in total. The Labute approximate surface area is 238 Å². The molecule has 0 saturated heterocycles. The fourth-order valence-electron chi connectivity index (χ4n) is 4.76. The average Bonchev–Trinajstić information content (AvgIpc) is 3.51. The average molecular weight is 610 g/mol. The SMILES string of the molecule is Cn1cccc1C(=O)c1ccccc1-n1cc(OP(=O)([O-])OC2[C@H](O)[C@H](O)C(O)[C@H](O)[C@H]2O)c2ccc(Cl)cc21.[NH4+]. The van der Waals surface area contributed by atoms with Gasteiger partial charge in [0, 0.05) is 29.2 Å². The minimum Gasteiger partial charge on any atom is -0.746 e. The van der Waals surface area contributed by atoms with Gasteiger partial charge in [0.2, 0.25) is 5.78 Å². The van der Waals surface area contributed by atoms with E-state index in [0.29, 0.717) is 27.5 Å². The van der Waals surface area contributed by atoms with Gasteiger partial charge in [-0.05, 0) is 42.5 Å². The topological polar surface area (TPSA) is 223 Å². The lowest BCUT2D eigenvalue weighted by molar-refractivity contribution is -0.255. The highest BCUT2D eigenvalue weighted by atomic mass is 35.5. The van der Waals surface area contributed by atoms with Gasteiger partial charge in [0.05, 0.1) is 23.1 Å². The number of aliphatic hydroxyl groups is 5. The molecule has 0 amide bonds. The number of fused-ring (bicyclic) bond motifs is 1. The molecule has 7 atom stereocenters. The molecule has 1 aliphatic carbocycles. The van der Waals surface area contributed by atoms with Crippen molar-refractivity contribution in [2.75, 3.05) is 0 Å². The second kappa shape index (κ2) is 11.7. The van der Waals surface area contributed by atoms with E-state index in [2.05, 4.69) is 0 Å². The van der Waals surface area contributed by atoms with E-state index in [-0.39, 0.29) is 23.1 Å². The van der Waals surface area contributed by atoms with Gasteiger partial charge in [-0.3, -0.25) is 9.36 Å². The first-order chi connectivity index (χ1) is 18.9. The zero-order valence-corrected chi connectivity index (χ0v) is 23.5. The van der Waals surface area contributed by atoms with Crippen LogP contribution in [0.25, 0.3) is 16.6 Å². The van der Waals surface area contributed by atoms with Crippen LogP contribution in [0.15, 0.2) is 67.0 Å². The summed E-state index contributed by atoms with van der Waals surface area (Å²) in [5.41, 5.74) is 1.52. The Morgan fingerprint density at radius 2 is 1.59 bits per heavy atom. The minimum atomic E-state index is -5.39. The molecule has 41 heavy (non-hydrogen) atoms. The largest absolute Gasteiger partial charge is 0.746 e. The van der Waals surface area contributed by atoms with E-state index in [1.807, 2.05) is 0 Å². The quantitative estimate of drug-likeness (QED) is 0.130. The number of benzene rings is 2. The van der Waals surface area contributed by atoms with Crippen molar-refractivity contribution >= 4 is 36.1 Å². The van der Waals surface area contributed by atoms with Crippen molar-refractivity contribution in [2.24, 2.45) is 7.05 Å². The van der Waals surface area contributed by atoms with E-state index in [9.17, 15) is 39.8 Å². The number of para-hydroxylation sites is 1. The highest BCUT2D eigenvalue weighted by Gasteiger charge is 2.50. The van der Waals surface area contributed by atoms with Gasteiger partial charge in [-0.2, -0.15) is 0 Å². The van der Waals surface area contributed by atoms with Gasteiger partial charge < -0.3 is 54.8 Å². The number of hydrogen-bond acceptors (Lipinski definition) is 10. The maximum atomic E-state index is 13.4. The Hall–Kier alpha value is -3.07. The summed E-state index contributed by atoms with van der Waals surface area (Å²) in [6.45, 7) is 0. The second-order valence-corrected chi connectivity index (χ2v) is 11.2. The van der Waals surface area contributed by atoms with E-state index < -0.39 is 44.4 Å². The van der Waals surface area contributed by atoms with Gasteiger partial charge in [-0.1, -0.05) is 23.7 Å². The fourth-order valence-corrected chi connectivity index (χ4v) is 5.91. The Morgan fingerprint density at radius 3 is 2.22 bits per heavy atom. The number of phosphoric acid groups is 1. The van der Waals surface area contributed by atoms with Gasteiger partial charge in [-0.15, -0.1) is 0 Å². The molecule has 1 fully saturated rings. The van der Waals surface area contributed by atoms with Gasteiger partial charge in [0.1, 0.15) is 36.6 Å². The predicted molar refractivity (Wildman–Crippen MR) is 146 cm³/mol. The highest BCUT2D eigenvalue weighted by molar-refractivity contribution is 7.46. The lowest BCUT2D eigenvalue weighted by Crippen LogP contribution is -2.64. The minimum absolute atomic E-state index is 0. The number of aromatic nitrogens is 2. The third kappa shape index (κ3) is 5.70. The van der Waals surface area contributed by atoms with E-state index in [4.69, 9.17) is 20.6 Å². The molecular weight excluding hydrogens is 581 g/mol. The van der Waals surface area contributed by atoms with Crippen LogP contribution in [0.1, 0.15) is 16.1 Å². The maximum absolute atomic E-state index is 13.4. The molecule has 1 aliphatic rings. The van der Waals surface area contributed by atoms with Gasteiger partial charge in [0.25, 0.3) is 0 Å². The highest BCUT2D eigenvalue weighted by Crippen LogP contribution is 2.46. The summed E-state index contributed by atoms with van der Waals surface area (Å²) in [6.07, 6.45) is -9.04. The molecule has 1 saturated carbocycles. The Kier molecular flexibility index (Phi) is 8.79. The van der Waals surface area contributed by atoms with Crippen LogP contribution in [0, 0.1) is 0 Å². The van der Waals surface area contributed by atoms with E-state index in [0.717, 1.165) is 0 Å². The van der Waals surface area contributed by atoms with E-state index in [1.165, 1.54) is 22.9 Å². The molecule has 4 aromatic rings. The predicted octanol–water partition coefficient (Wildman–Crippen LogP) is 1.28. The number of carbonyl (C=O) groups excluding carboxylic acids is 1. The molecule has 0 radical (unpaired) electrons. The third-order valence-electron chi connectivity index (χ3n) is 6.85. The Bertz CT molecular complexity index is 1610. The first kappa shape index (κ1) is 30.9. The molecular formula is C26H29ClN3O10P. The fraction of sp³-hybridized carbons (Fsp3) is 0.269. The number of aryl methyl sites for hydroxylation is 1. The lowest BCUT2D eigenvalue weighted by Gasteiger charge is -2.43. The van der Waals surface area contributed by atoms with Crippen molar-refractivity contribution in [1.82, 2.24) is 15.3 Å². The standard InChI is InChI=1S/C26H26ClN2O10P.H3N/c1-28-10-4-7-17(28)20(30)15-5-2-3-6-16(15)29-12-19(14-9-8-13(27)11-18(14)29)38-40(36,37)39-26-24(34)22(32)21(31)23(33)25(26)35;/h2-12,21-26,31-35H,1H3,(H,36,37);1H3/t21?,22-,23+,24-,25-,26?;/m1./s1. The molecule has 0 bridgehead atoms. The summed E-state index contributed by atoms with van der Waals surface area (Å²) in [5, 5.41) is 50.5. The van der Waals surface area contributed by atoms with Crippen LogP contribution in [-0.4, -0.2) is 77.1 Å². The van der Waals surface area contributed by atoms with Gasteiger partial charge >= 0.3 is 7.82 Å². The summed E-state index contributed by atoms with van der Waals surface area (Å²) in [5.74, 6) is -0.515. The van der Waals surface area contributed by atoms with Crippen molar-refractivity contribution in [3.63, 3.8) is 0 Å². The zero-order chi connectivity index (χ0) is 28.9. The Morgan fingerprint density at radius 1 is 0.951 bits per heavy atom. The summed E-state index contributed by atoms with van der Waals surface area (Å²) in [4.78, 5) is 26.3. The molecule has 15 heteroatoms. The number of hydrogen-bond donors (Lipinski definition) is 6. The van der Waals surface area contributed by atoms with Crippen molar-refractivity contribution in [1.29, 1.82) is 0 Å². The number of aliphatic hydroxyl groups excluding tert-OH is 5. The monoisotopic (exact) mass is 609 g/mol. The van der Waals surface area contributed by atoms with Crippen LogP contribution in [-0.2, 0) is 16.1 Å². The second-order valence-electron chi connectivity index (χ2n) is 9.44.